The monoisotopic (exact) mass is 494 g/mol. The maximum absolute atomic E-state index is 15.0. The lowest BCUT2D eigenvalue weighted by Crippen LogP contribution is -2.66. The molecule has 0 amide bonds. The van der Waals surface area contributed by atoms with Crippen molar-refractivity contribution in [2.45, 2.75) is 57.5 Å². The van der Waals surface area contributed by atoms with E-state index in [4.69, 9.17) is 4.74 Å². The number of hydrogen-bond donors (Lipinski definition) is 2. The Kier molecular flexibility index (Phi) is 5.66. The molecule has 0 radical (unpaired) electrons. The van der Waals surface area contributed by atoms with Crippen LogP contribution in [-0.4, -0.2) is 53.4 Å². The third kappa shape index (κ3) is 4.48. The summed E-state index contributed by atoms with van der Waals surface area (Å²) in [7, 11) is 1.72. The summed E-state index contributed by atoms with van der Waals surface area (Å²) in [6.45, 7) is 7.64. The number of benzene rings is 1. The molecule has 0 saturated carbocycles. The maximum Gasteiger partial charge on any atom is 0.233 e. The number of aromatic hydroxyl groups is 1. The molecule has 1 fully saturated rings. The lowest BCUT2D eigenvalue weighted by molar-refractivity contribution is -0.0281. The van der Waals surface area contributed by atoms with E-state index in [1.807, 2.05) is 27.7 Å². The Morgan fingerprint density at radius 2 is 1.89 bits per heavy atom. The van der Waals surface area contributed by atoms with Crippen LogP contribution in [0.15, 0.2) is 42.7 Å². The highest BCUT2D eigenvalue weighted by atomic mass is 19.1. The van der Waals surface area contributed by atoms with Gasteiger partial charge in [-0.25, -0.2) is 13.8 Å². The normalized spacial score (nSPS) is 21.0. The van der Waals surface area contributed by atoms with Gasteiger partial charge in [0, 0.05) is 54.0 Å². The molecule has 1 saturated heterocycles. The predicted molar refractivity (Wildman–Crippen MR) is 132 cm³/mol. The first-order valence-electron chi connectivity index (χ1n) is 11.7. The van der Waals surface area contributed by atoms with Crippen molar-refractivity contribution in [3.05, 3.63) is 48.5 Å². The average Bonchev–Trinajstić information content (AvgIpc) is 3.18. The largest absolute Gasteiger partial charge is 0.506 e. The molecule has 2 N–H and O–H groups in total. The van der Waals surface area contributed by atoms with Crippen LogP contribution < -0.4 is 10.1 Å². The third-order valence-corrected chi connectivity index (χ3v) is 6.42. The van der Waals surface area contributed by atoms with Gasteiger partial charge in [0.1, 0.15) is 28.8 Å². The zero-order valence-electron chi connectivity index (χ0n) is 20.8. The lowest BCUT2D eigenvalue weighted by atomic mass is 9.79. The van der Waals surface area contributed by atoms with Gasteiger partial charge in [-0.3, -0.25) is 4.68 Å². The van der Waals surface area contributed by atoms with Crippen LogP contribution in [0.3, 0.4) is 0 Å². The second kappa shape index (κ2) is 8.48. The molecule has 0 bridgehead atoms. The molecule has 1 aliphatic heterocycles. The fraction of sp³-hybridized carbons (Fsp3) is 0.385. The zero-order valence-corrected chi connectivity index (χ0v) is 20.8. The van der Waals surface area contributed by atoms with Gasteiger partial charge in [0.25, 0.3) is 0 Å². The molecule has 4 aromatic rings. The molecule has 10 heteroatoms. The van der Waals surface area contributed by atoms with Crippen LogP contribution in [-0.2, 0) is 7.05 Å². The molecule has 0 aliphatic carbocycles. The first-order chi connectivity index (χ1) is 16.9. The molecule has 1 aliphatic rings. The minimum Gasteiger partial charge on any atom is -0.506 e. The van der Waals surface area contributed by atoms with Crippen molar-refractivity contribution in [3.8, 4) is 34.1 Å². The van der Waals surface area contributed by atoms with Crippen LogP contribution in [0.1, 0.15) is 34.1 Å². The molecule has 36 heavy (non-hydrogen) atoms. The second-order valence-corrected chi connectivity index (χ2v) is 10.5. The van der Waals surface area contributed by atoms with Gasteiger partial charge >= 0.3 is 0 Å². The Labute approximate surface area is 207 Å². The molecule has 2 atom stereocenters. The average molecular weight is 495 g/mol. The van der Waals surface area contributed by atoms with E-state index < -0.39 is 23.6 Å². The third-order valence-electron chi connectivity index (χ3n) is 6.42. The zero-order chi connectivity index (χ0) is 25.8. The summed E-state index contributed by atoms with van der Waals surface area (Å²) >= 11 is 0. The van der Waals surface area contributed by atoms with Gasteiger partial charge in [0.2, 0.25) is 5.88 Å². The minimum absolute atomic E-state index is 0.132. The Morgan fingerprint density at radius 1 is 1.11 bits per heavy atom. The standard InChI is InChI=1S/C26H28F2N6O2/c1-25(2)11-20(24(28)26(3,4)33-25)36-21-7-6-18(30-31-21)23-19(35)10-15(12-29-23)14-8-16-13-34(5)32-22(16)17(27)9-14/h6-10,12-13,20,24,33,35H,11H2,1-5H3/t20-,24-/m0/s1. The maximum atomic E-state index is 15.0. The van der Waals surface area contributed by atoms with Gasteiger partial charge < -0.3 is 15.2 Å². The van der Waals surface area contributed by atoms with E-state index in [0.717, 1.165) is 0 Å². The molecule has 0 spiro atoms. The first kappa shape index (κ1) is 24.1. The highest BCUT2D eigenvalue weighted by Gasteiger charge is 2.47. The van der Waals surface area contributed by atoms with Gasteiger partial charge in [-0.1, -0.05) is 0 Å². The number of nitrogens with one attached hydrogen (secondary N) is 1. The molecule has 3 aromatic heterocycles. The number of ether oxygens (including phenoxy) is 1. The van der Waals surface area contributed by atoms with Crippen LogP contribution in [0.5, 0.6) is 11.6 Å². The molecule has 4 heterocycles. The number of aromatic nitrogens is 5. The molecule has 1 aromatic carbocycles. The van der Waals surface area contributed by atoms with Crippen molar-refractivity contribution in [2.24, 2.45) is 7.05 Å². The predicted octanol–water partition coefficient (Wildman–Crippen LogP) is 4.57. The van der Waals surface area contributed by atoms with E-state index in [1.165, 1.54) is 18.3 Å². The fourth-order valence-corrected chi connectivity index (χ4v) is 5.02. The highest BCUT2D eigenvalue weighted by molar-refractivity contribution is 5.85. The van der Waals surface area contributed by atoms with Gasteiger partial charge in [0.05, 0.1) is 0 Å². The van der Waals surface area contributed by atoms with Crippen molar-refractivity contribution in [1.29, 1.82) is 0 Å². The smallest absolute Gasteiger partial charge is 0.233 e. The number of fused-ring (bicyclic) bond motifs is 1. The number of alkyl halides is 1. The van der Waals surface area contributed by atoms with Gasteiger partial charge in [-0.05, 0) is 57.5 Å². The minimum atomic E-state index is -1.24. The number of pyridine rings is 1. The van der Waals surface area contributed by atoms with E-state index in [0.29, 0.717) is 28.6 Å². The molecule has 188 valence electrons. The summed E-state index contributed by atoms with van der Waals surface area (Å²) in [5, 5.41) is 26.9. The van der Waals surface area contributed by atoms with Crippen LogP contribution >= 0.6 is 0 Å². The van der Waals surface area contributed by atoms with Gasteiger partial charge in [-0.2, -0.15) is 5.10 Å². The summed E-state index contributed by atoms with van der Waals surface area (Å²) in [5.74, 6) is -0.395. The van der Waals surface area contributed by atoms with Crippen LogP contribution in [0.25, 0.3) is 33.4 Å². The molecular formula is C26H28F2N6O2. The van der Waals surface area contributed by atoms with Crippen LogP contribution in [0.2, 0.25) is 0 Å². The molecule has 0 unspecified atom stereocenters. The number of nitrogens with zero attached hydrogens (tertiary/aromatic N) is 5. The fourth-order valence-electron chi connectivity index (χ4n) is 5.02. The van der Waals surface area contributed by atoms with E-state index in [-0.39, 0.29) is 28.4 Å². The number of hydrogen-bond acceptors (Lipinski definition) is 7. The summed E-state index contributed by atoms with van der Waals surface area (Å²) < 4.78 is 36.9. The Morgan fingerprint density at radius 3 is 2.58 bits per heavy atom. The first-order valence-corrected chi connectivity index (χ1v) is 11.7. The van der Waals surface area contributed by atoms with Gasteiger partial charge in [-0.15, -0.1) is 10.2 Å². The Balaban J connectivity index is 1.37. The molecule has 5 rings (SSSR count). The van der Waals surface area contributed by atoms with E-state index >= 15 is 4.39 Å². The number of halogens is 2. The molecular weight excluding hydrogens is 466 g/mol. The summed E-state index contributed by atoms with van der Waals surface area (Å²) in [4.78, 5) is 4.33. The lowest BCUT2D eigenvalue weighted by Gasteiger charge is -2.48. The van der Waals surface area contributed by atoms with Crippen molar-refractivity contribution < 1.29 is 18.6 Å². The van der Waals surface area contributed by atoms with Crippen molar-refractivity contribution in [1.82, 2.24) is 30.3 Å². The SMILES string of the molecule is Cn1cc2cc(-c3cnc(-c4ccc(O[C@H]5CC(C)(C)NC(C)(C)[C@H]5F)nn4)c(O)c3)cc(F)c2n1. The van der Waals surface area contributed by atoms with E-state index in [2.05, 4.69) is 25.6 Å². The summed E-state index contributed by atoms with van der Waals surface area (Å²) in [6.07, 6.45) is 1.81. The number of piperidine rings is 1. The van der Waals surface area contributed by atoms with E-state index in [9.17, 15) is 9.50 Å². The quantitative estimate of drug-likeness (QED) is 0.429. The van der Waals surface area contributed by atoms with Crippen LogP contribution in [0.4, 0.5) is 8.78 Å². The summed E-state index contributed by atoms with van der Waals surface area (Å²) in [6, 6.07) is 7.83. The topological polar surface area (TPSA) is 98.0 Å². The van der Waals surface area contributed by atoms with Crippen LogP contribution in [0, 0.1) is 5.82 Å². The summed E-state index contributed by atoms with van der Waals surface area (Å²) in [5.41, 5.74) is 0.873. The second-order valence-electron chi connectivity index (χ2n) is 10.5. The van der Waals surface area contributed by atoms with Gasteiger partial charge in [0.15, 0.2) is 12.0 Å². The van der Waals surface area contributed by atoms with E-state index in [1.54, 1.807) is 36.1 Å². The molecule has 8 nitrogen and oxygen atoms in total. The number of aryl methyl sites for hydroxylation is 1. The Bertz CT molecular complexity index is 1430. The number of rotatable bonds is 4. The highest BCUT2D eigenvalue weighted by Crippen LogP contribution is 2.35. The van der Waals surface area contributed by atoms with Crippen molar-refractivity contribution in [3.63, 3.8) is 0 Å². The van der Waals surface area contributed by atoms with Crippen molar-refractivity contribution in [2.75, 3.05) is 0 Å². The van der Waals surface area contributed by atoms with Crippen molar-refractivity contribution >= 4 is 10.9 Å². The Hall–Kier alpha value is -3.66.